The van der Waals surface area contributed by atoms with Gasteiger partial charge in [-0.05, 0) is 19.8 Å². The summed E-state index contributed by atoms with van der Waals surface area (Å²) >= 11 is 0. The van der Waals surface area contributed by atoms with Crippen molar-refractivity contribution in [2.75, 3.05) is 0 Å². The summed E-state index contributed by atoms with van der Waals surface area (Å²) in [5.41, 5.74) is -0.160. The molecule has 1 aliphatic carbocycles. The molecular formula is C9H15NO3. The van der Waals surface area contributed by atoms with Gasteiger partial charge in [-0.15, -0.1) is 0 Å². The summed E-state index contributed by atoms with van der Waals surface area (Å²) in [7, 11) is 0. The minimum Gasteiger partial charge on any atom is -0.481 e. The normalized spacial score (nSPS) is 19.8. The third kappa shape index (κ3) is 3.05. The average Bonchev–Trinajstić information content (AvgIpc) is 2.33. The third-order valence-corrected chi connectivity index (χ3v) is 2.46. The van der Waals surface area contributed by atoms with Gasteiger partial charge in [-0.1, -0.05) is 12.8 Å². The largest absolute Gasteiger partial charge is 0.481 e. The SMILES string of the molecule is CC1(NC(=O)CC(=O)O)CCCC1. The van der Waals surface area contributed by atoms with Crippen molar-refractivity contribution in [2.45, 2.75) is 44.6 Å². The summed E-state index contributed by atoms with van der Waals surface area (Å²) < 4.78 is 0. The topological polar surface area (TPSA) is 66.4 Å². The molecule has 0 aromatic carbocycles. The standard InChI is InChI=1S/C9H15NO3/c1-9(4-2-3-5-9)10-7(11)6-8(12)13/h2-6H2,1H3,(H,10,11)(H,12,13). The maximum absolute atomic E-state index is 11.1. The number of carboxylic acids is 1. The minimum absolute atomic E-state index is 0.160. The Hall–Kier alpha value is -1.06. The van der Waals surface area contributed by atoms with Crippen molar-refractivity contribution in [3.63, 3.8) is 0 Å². The predicted molar refractivity (Wildman–Crippen MR) is 47.3 cm³/mol. The van der Waals surface area contributed by atoms with Crippen LogP contribution in [-0.4, -0.2) is 22.5 Å². The Bertz CT molecular complexity index is 219. The van der Waals surface area contributed by atoms with Gasteiger partial charge in [-0.2, -0.15) is 0 Å². The van der Waals surface area contributed by atoms with Crippen molar-refractivity contribution in [1.29, 1.82) is 0 Å². The Labute approximate surface area is 77.3 Å². The van der Waals surface area contributed by atoms with Crippen molar-refractivity contribution in [3.8, 4) is 0 Å². The number of hydrogen-bond donors (Lipinski definition) is 2. The Balaban J connectivity index is 2.38. The van der Waals surface area contributed by atoms with Crippen LogP contribution in [-0.2, 0) is 9.59 Å². The van der Waals surface area contributed by atoms with Gasteiger partial charge in [0.25, 0.3) is 0 Å². The van der Waals surface area contributed by atoms with E-state index in [1.54, 1.807) is 0 Å². The monoisotopic (exact) mass is 185 g/mol. The van der Waals surface area contributed by atoms with Crippen molar-refractivity contribution < 1.29 is 14.7 Å². The molecule has 2 N–H and O–H groups in total. The van der Waals surface area contributed by atoms with Crippen LogP contribution in [0.15, 0.2) is 0 Å². The van der Waals surface area contributed by atoms with E-state index in [-0.39, 0.29) is 11.4 Å². The van der Waals surface area contributed by atoms with Gasteiger partial charge in [0.15, 0.2) is 0 Å². The zero-order valence-corrected chi connectivity index (χ0v) is 7.80. The lowest BCUT2D eigenvalue weighted by atomic mass is 10.0. The molecule has 4 nitrogen and oxygen atoms in total. The summed E-state index contributed by atoms with van der Waals surface area (Å²) in [6, 6.07) is 0. The van der Waals surface area contributed by atoms with Crippen molar-refractivity contribution in [3.05, 3.63) is 0 Å². The van der Waals surface area contributed by atoms with Crippen LogP contribution in [0.25, 0.3) is 0 Å². The number of aliphatic carboxylic acids is 1. The highest BCUT2D eigenvalue weighted by atomic mass is 16.4. The first-order valence-electron chi connectivity index (χ1n) is 4.55. The van der Waals surface area contributed by atoms with Crippen LogP contribution >= 0.6 is 0 Å². The van der Waals surface area contributed by atoms with Crippen molar-refractivity contribution in [1.82, 2.24) is 5.32 Å². The molecule has 1 rings (SSSR count). The summed E-state index contributed by atoms with van der Waals surface area (Å²) in [5, 5.41) is 11.1. The molecule has 1 aliphatic rings. The fraction of sp³-hybridized carbons (Fsp3) is 0.778. The molecule has 0 atom stereocenters. The fourth-order valence-electron chi connectivity index (χ4n) is 1.80. The molecule has 1 amide bonds. The zero-order valence-electron chi connectivity index (χ0n) is 7.80. The molecule has 0 heterocycles. The lowest BCUT2D eigenvalue weighted by Gasteiger charge is -2.24. The summed E-state index contributed by atoms with van der Waals surface area (Å²) in [5.74, 6) is -1.45. The molecule has 13 heavy (non-hydrogen) atoms. The lowest BCUT2D eigenvalue weighted by molar-refractivity contribution is -0.141. The van der Waals surface area contributed by atoms with Crippen LogP contribution in [0.3, 0.4) is 0 Å². The van der Waals surface area contributed by atoms with Gasteiger partial charge in [-0.3, -0.25) is 9.59 Å². The molecule has 0 spiro atoms. The maximum Gasteiger partial charge on any atom is 0.312 e. The van der Waals surface area contributed by atoms with E-state index >= 15 is 0 Å². The third-order valence-electron chi connectivity index (χ3n) is 2.46. The van der Waals surface area contributed by atoms with Crippen LogP contribution in [0, 0.1) is 0 Å². The fourth-order valence-corrected chi connectivity index (χ4v) is 1.80. The van der Waals surface area contributed by atoms with Gasteiger partial charge < -0.3 is 10.4 Å². The molecule has 0 saturated heterocycles. The molecule has 0 unspecified atom stereocenters. The summed E-state index contributed by atoms with van der Waals surface area (Å²) in [4.78, 5) is 21.3. The van der Waals surface area contributed by atoms with Crippen LogP contribution < -0.4 is 5.32 Å². The van der Waals surface area contributed by atoms with E-state index < -0.39 is 12.4 Å². The Kier molecular flexibility index (Phi) is 2.90. The van der Waals surface area contributed by atoms with Crippen LogP contribution in [0.5, 0.6) is 0 Å². The molecule has 0 aromatic heterocycles. The number of carbonyl (C=O) groups is 2. The highest BCUT2D eigenvalue weighted by Crippen LogP contribution is 2.28. The minimum atomic E-state index is -1.07. The lowest BCUT2D eigenvalue weighted by Crippen LogP contribution is -2.44. The first-order valence-corrected chi connectivity index (χ1v) is 4.55. The van der Waals surface area contributed by atoms with E-state index in [0.717, 1.165) is 25.7 Å². The molecule has 0 bridgehead atoms. The van der Waals surface area contributed by atoms with Gasteiger partial charge in [-0.25, -0.2) is 0 Å². The molecule has 1 saturated carbocycles. The number of amides is 1. The van der Waals surface area contributed by atoms with E-state index in [4.69, 9.17) is 5.11 Å². The number of carbonyl (C=O) groups excluding carboxylic acids is 1. The number of nitrogens with one attached hydrogen (secondary N) is 1. The van der Waals surface area contributed by atoms with Crippen LogP contribution in [0.2, 0.25) is 0 Å². The van der Waals surface area contributed by atoms with E-state index in [9.17, 15) is 9.59 Å². The molecule has 4 heteroatoms. The number of rotatable bonds is 3. The highest BCUT2D eigenvalue weighted by molar-refractivity contribution is 5.93. The molecule has 0 aliphatic heterocycles. The molecule has 0 aromatic rings. The second kappa shape index (κ2) is 3.77. The maximum atomic E-state index is 11.1. The van der Waals surface area contributed by atoms with Crippen LogP contribution in [0.1, 0.15) is 39.0 Å². The molecular weight excluding hydrogens is 170 g/mol. The van der Waals surface area contributed by atoms with Crippen molar-refractivity contribution >= 4 is 11.9 Å². The highest BCUT2D eigenvalue weighted by Gasteiger charge is 2.30. The Morgan fingerprint density at radius 1 is 1.38 bits per heavy atom. The smallest absolute Gasteiger partial charge is 0.312 e. The quantitative estimate of drug-likeness (QED) is 0.642. The van der Waals surface area contributed by atoms with Gasteiger partial charge in [0.05, 0.1) is 0 Å². The molecule has 74 valence electrons. The first-order chi connectivity index (χ1) is 6.02. The molecule has 1 fully saturated rings. The van der Waals surface area contributed by atoms with Gasteiger partial charge in [0.2, 0.25) is 5.91 Å². The van der Waals surface area contributed by atoms with E-state index in [2.05, 4.69) is 5.32 Å². The Morgan fingerprint density at radius 2 is 1.92 bits per heavy atom. The van der Waals surface area contributed by atoms with E-state index in [1.165, 1.54) is 0 Å². The summed E-state index contributed by atoms with van der Waals surface area (Å²) in [6.07, 6.45) is 3.72. The van der Waals surface area contributed by atoms with E-state index in [1.807, 2.05) is 6.92 Å². The number of carboxylic acid groups (broad SMARTS) is 1. The average molecular weight is 185 g/mol. The molecule has 0 radical (unpaired) electrons. The van der Waals surface area contributed by atoms with Gasteiger partial charge >= 0.3 is 5.97 Å². The van der Waals surface area contributed by atoms with Gasteiger partial charge in [0.1, 0.15) is 6.42 Å². The number of hydrogen-bond acceptors (Lipinski definition) is 2. The van der Waals surface area contributed by atoms with E-state index in [0.29, 0.717) is 0 Å². The predicted octanol–water partition coefficient (Wildman–Crippen LogP) is 0.910. The van der Waals surface area contributed by atoms with Crippen LogP contribution in [0.4, 0.5) is 0 Å². The zero-order chi connectivity index (χ0) is 9.90. The van der Waals surface area contributed by atoms with Crippen molar-refractivity contribution in [2.24, 2.45) is 0 Å². The van der Waals surface area contributed by atoms with Gasteiger partial charge in [0, 0.05) is 5.54 Å². The second-order valence-corrected chi connectivity index (χ2v) is 3.89. The second-order valence-electron chi connectivity index (χ2n) is 3.89. The summed E-state index contributed by atoms with van der Waals surface area (Å²) in [6.45, 7) is 1.97. The first kappa shape index (κ1) is 10.0. The Morgan fingerprint density at radius 3 is 2.38 bits per heavy atom.